The molecule has 1 aliphatic heterocycles. The van der Waals surface area contributed by atoms with Gasteiger partial charge in [0.1, 0.15) is 5.75 Å². The Labute approximate surface area is 157 Å². The van der Waals surface area contributed by atoms with Crippen molar-refractivity contribution in [2.24, 2.45) is 5.92 Å². The number of rotatable bonds is 6. The number of para-hydroxylation sites is 1. The molecule has 1 unspecified atom stereocenters. The fraction of sp³-hybridized carbons (Fsp3) is 0.444. The molecule has 5 nitrogen and oxygen atoms in total. The molecule has 0 spiro atoms. The van der Waals surface area contributed by atoms with Gasteiger partial charge < -0.3 is 4.74 Å². The summed E-state index contributed by atoms with van der Waals surface area (Å²) in [6, 6.07) is 7.09. The van der Waals surface area contributed by atoms with Gasteiger partial charge >= 0.3 is 0 Å². The number of ether oxygens (including phenoxy) is 1. The Bertz CT molecular complexity index is 722. The van der Waals surface area contributed by atoms with Crippen LogP contribution in [0.1, 0.15) is 25.5 Å². The fourth-order valence-corrected chi connectivity index (χ4v) is 3.86. The number of thiazole rings is 1. The van der Waals surface area contributed by atoms with Crippen LogP contribution in [0.5, 0.6) is 5.75 Å². The second kappa shape index (κ2) is 8.65. The lowest BCUT2D eigenvalue weighted by Gasteiger charge is -2.30. The highest BCUT2D eigenvalue weighted by atomic mass is 35.5. The minimum Gasteiger partial charge on any atom is -0.482 e. The Kier molecular flexibility index (Phi) is 6.29. The molecule has 7 heteroatoms. The van der Waals surface area contributed by atoms with Gasteiger partial charge in [-0.3, -0.25) is 15.0 Å². The van der Waals surface area contributed by atoms with Gasteiger partial charge in [-0.25, -0.2) is 4.98 Å². The maximum atomic E-state index is 12.0. The molecular formula is C18H22ClN3O2S. The van der Waals surface area contributed by atoms with E-state index in [1.54, 1.807) is 12.1 Å². The van der Waals surface area contributed by atoms with Crippen LogP contribution in [-0.4, -0.2) is 35.5 Å². The molecule has 25 heavy (non-hydrogen) atoms. The molecule has 134 valence electrons. The largest absolute Gasteiger partial charge is 0.482 e. The third-order valence-electron chi connectivity index (χ3n) is 4.12. The number of piperidine rings is 1. The van der Waals surface area contributed by atoms with Gasteiger partial charge in [0, 0.05) is 18.5 Å². The number of carbonyl (C=O) groups excluding carboxylic acids is 1. The van der Waals surface area contributed by atoms with E-state index in [4.69, 9.17) is 16.3 Å². The monoisotopic (exact) mass is 379 g/mol. The number of benzene rings is 1. The average molecular weight is 380 g/mol. The molecule has 0 aliphatic carbocycles. The third kappa shape index (κ3) is 5.42. The van der Waals surface area contributed by atoms with Crippen LogP contribution in [0.3, 0.4) is 0 Å². The van der Waals surface area contributed by atoms with E-state index in [1.807, 2.05) is 17.5 Å². The van der Waals surface area contributed by atoms with E-state index in [2.05, 4.69) is 22.1 Å². The highest BCUT2D eigenvalue weighted by molar-refractivity contribution is 7.13. The van der Waals surface area contributed by atoms with Crippen LogP contribution >= 0.6 is 22.9 Å². The topological polar surface area (TPSA) is 54.5 Å². The number of nitrogens with one attached hydrogen (secondary N) is 1. The van der Waals surface area contributed by atoms with E-state index >= 15 is 0 Å². The van der Waals surface area contributed by atoms with Gasteiger partial charge in [0.25, 0.3) is 5.91 Å². The summed E-state index contributed by atoms with van der Waals surface area (Å²) in [5.41, 5.74) is 1.00. The second-order valence-electron chi connectivity index (χ2n) is 6.39. The zero-order valence-electron chi connectivity index (χ0n) is 14.2. The molecule has 0 bridgehead atoms. The predicted octanol–water partition coefficient (Wildman–Crippen LogP) is 4.05. The number of aromatic nitrogens is 1. The maximum Gasteiger partial charge on any atom is 0.264 e. The first-order valence-corrected chi connectivity index (χ1v) is 9.70. The minimum absolute atomic E-state index is 0.0950. The lowest BCUT2D eigenvalue weighted by molar-refractivity contribution is -0.118. The molecule has 1 saturated heterocycles. The molecule has 1 aromatic carbocycles. The highest BCUT2D eigenvalue weighted by Crippen LogP contribution is 2.23. The van der Waals surface area contributed by atoms with Gasteiger partial charge in [0.2, 0.25) is 0 Å². The number of carbonyl (C=O) groups is 1. The molecule has 1 amide bonds. The first-order chi connectivity index (χ1) is 12.1. The minimum atomic E-state index is -0.243. The Hall–Kier alpha value is -1.63. The van der Waals surface area contributed by atoms with Crippen molar-refractivity contribution in [1.29, 1.82) is 0 Å². The maximum absolute atomic E-state index is 12.0. The molecule has 0 radical (unpaired) electrons. The predicted molar refractivity (Wildman–Crippen MR) is 101 cm³/mol. The fourth-order valence-electron chi connectivity index (χ4n) is 2.96. The second-order valence-corrected chi connectivity index (χ2v) is 7.66. The summed E-state index contributed by atoms with van der Waals surface area (Å²) in [6.45, 7) is 5.27. The quantitative estimate of drug-likeness (QED) is 0.822. The third-order valence-corrected chi connectivity index (χ3v) is 5.24. The summed E-state index contributed by atoms with van der Waals surface area (Å²) >= 11 is 7.44. The molecule has 1 aliphatic rings. The average Bonchev–Trinajstić information content (AvgIpc) is 3.01. The zero-order valence-corrected chi connectivity index (χ0v) is 15.8. The molecule has 1 fully saturated rings. The van der Waals surface area contributed by atoms with E-state index in [-0.39, 0.29) is 12.5 Å². The SMILES string of the molecule is CC1CCCN(Cc2csc(NC(=O)COc3ccccc3Cl)n2)C1. The van der Waals surface area contributed by atoms with Gasteiger partial charge in [-0.2, -0.15) is 0 Å². The van der Waals surface area contributed by atoms with Gasteiger partial charge in [0.05, 0.1) is 10.7 Å². The van der Waals surface area contributed by atoms with E-state index in [9.17, 15) is 4.79 Å². The summed E-state index contributed by atoms with van der Waals surface area (Å²) in [5, 5.41) is 5.88. The number of amides is 1. The molecule has 2 heterocycles. The number of likely N-dealkylation sites (tertiary alicyclic amines) is 1. The van der Waals surface area contributed by atoms with Crippen molar-refractivity contribution in [3.8, 4) is 5.75 Å². The first-order valence-electron chi connectivity index (χ1n) is 8.44. The van der Waals surface area contributed by atoms with E-state index in [0.717, 1.165) is 31.2 Å². The Morgan fingerprint density at radius 2 is 2.32 bits per heavy atom. The summed E-state index contributed by atoms with van der Waals surface area (Å²) < 4.78 is 5.44. The smallest absolute Gasteiger partial charge is 0.264 e. The van der Waals surface area contributed by atoms with Crippen LogP contribution in [0.25, 0.3) is 0 Å². The number of nitrogens with zero attached hydrogens (tertiary/aromatic N) is 2. The van der Waals surface area contributed by atoms with Crippen molar-refractivity contribution >= 4 is 34.0 Å². The van der Waals surface area contributed by atoms with Crippen LogP contribution in [0.2, 0.25) is 5.02 Å². The van der Waals surface area contributed by atoms with Crippen molar-refractivity contribution in [2.75, 3.05) is 25.0 Å². The molecule has 1 N–H and O–H groups in total. The van der Waals surface area contributed by atoms with Gasteiger partial charge in [0.15, 0.2) is 11.7 Å². The van der Waals surface area contributed by atoms with E-state index in [0.29, 0.717) is 15.9 Å². The number of hydrogen-bond donors (Lipinski definition) is 1. The Morgan fingerprint density at radius 3 is 3.12 bits per heavy atom. The molecule has 2 aromatic rings. The van der Waals surface area contributed by atoms with Gasteiger partial charge in [-0.1, -0.05) is 30.7 Å². The normalized spacial score (nSPS) is 18.1. The van der Waals surface area contributed by atoms with Gasteiger partial charge in [-0.15, -0.1) is 11.3 Å². The summed E-state index contributed by atoms with van der Waals surface area (Å²) in [5.74, 6) is 0.999. The standard InChI is InChI=1S/C18H22ClN3O2S/c1-13-5-4-8-22(9-13)10-14-12-25-18(20-14)21-17(23)11-24-16-7-3-2-6-15(16)19/h2-3,6-7,12-13H,4-5,8-11H2,1H3,(H,20,21,23). The van der Waals surface area contributed by atoms with Crippen LogP contribution in [-0.2, 0) is 11.3 Å². The summed E-state index contributed by atoms with van der Waals surface area (Å²) in [4.78, 5) is 18.9. The number of halogens is 1. The lowest BCUT2D eigenvalue weighted by Crippen LogP contribution is -2.33. The molecule has 1 atom stereocenters. The van der Waals surface area contributed by atoms with Crippen molar-refractivity contribution in [1.82, 2.24) is 9.88 Å². The van der Waals surface area contributed by atoms with Crippen molar-refractivity contribution < 1.29 is 9.53 Å². The van der Waals surface area contributed by atoms with Crippen molar-refractivity contribution in [3.63, 3.8) is 0 Å². The van der Waals surface area contributed by atoms with Crippen molar-refractivity contribution in [2.45, 2.75) is 26.3 Å². The van der Waals surface area contributed by atoms with Crippen molar-refractivity contribution in [3.05, 3.63) is 40.4 Å². The Morgan fingerprint density at radius 1 is 1.48 bits per heavy atom. The first kappa shape index (κ1) is 18.2. The molecule has 3 rings (SSSR count). The van der Waals surface area contributed by atoms with Crippen LogP contribution in [0.4, 0.5) is 5.13 Å². The van der Waals surface area contributed by atoms with Gasteiger partial charge in [-0.05, 0) is 37.4 Å². The summed E-state index contributed by atoms with van der Waals surface area (Å²) in [7, 11) is 0. The summed E-state index contributed by atoms with van der Waals surface area (Å²) in [6.07, 6.45) is 2.55. The Balaban J connectivity index is 1.47. The van der Waals surface area contributed by atoms with E-state index < -0.39 is 0 Å². The number of hydrogen-bond acceptors (Lipinski definition) is 5. The van der Waals surface area contributed by atoms with E-state index in [1.165, 1.54) is 24.2 Å². The lowest BCUT2D eigenvalue weighted by atomic mass is 10.0. The zero-order chi connectivity index (χ0) is 17.6. The van der Waals surface area contributed by atoms with Crippen LogP contribution in [0.15, 0.2) is 29.6 Å². The van der Waals surface area contributed by atoms with Crippen LogP contribution < -0.4 is 10.1 Å². The highest BCUT2D eigenvalue weighted by Gasteiger charge is 2.17. The molecule has 1 aromatic heterocycles. The number of anilines is 1. The van der Waals surface area contributed by atoms with Crippen LogP contribution in [0, 0.1) is 5.92 Å². The molecule has 0 saturated carbocycles. The molecular weight excluding hydrogens is 358 g/mol.